The summed E-state index contributed by atoms with van der Waals surface area (Å²) in [5, 5.41) is 13.1. The van der Waals surface area contributed by atoms with Gasteiger partial charge in [-0.3, -0.25) is 9.89 Å². The molecule has 0 radical (unpaired) electrons. The number of aliphatic imine (C=N–C) groups is 1. The van der Waals surface area contributed by atoms with E-state index in [2.05, 4.69) is 10.3 Å². The Morgan fingerprint density at radius 1 is 1.58 bits per heavy atom. The van der Waals surface area contributed by atoms with Crippen molar-refractivity contribution >= 4 is 12.3 Å². The number of fused-ring (bicyclic) bond motifs is 4. The van der Waals surface area contributed by atoms with E-state index < -0.39 is 6.09 Å². The first kappa shape index (κ1) is 12.5. The fraction of sp³-hybridized carbons (Fsp3) is 0.692. The minimum Gasteiger partial charge on any atom is -0.465 e. The third-order valence-electron chi connectivity index (χ3n) is 4.48. The van der Waals surface area contributed by atoms with E-state index in [1.54, 1.807) is 11.1 Å². The normalized spacial score (nSPS) is 37.5. The highest BCUT2D eigenvalue weighted by molar-refractivity contribution is 5.71. The van der Waals surface area contributed by atoms with Crippen LogP contribution >= 0.6 is 0 Å². The van der Waals surface area contributed by atoms with Crippen LogP contribution < -0.4 is 5.32 Å². The number of allylic oxidation sites excluding steroid dienone is 1. The van der Waals surface area contributed by atoms with E-state index in [1.807, 2.05) is 24.1 Å². The molecule has 0 aromatic heterocycles. The van der Waals surface area contributed by atoms with Crippen molar-refractivity contribution in [3.63, 3.8) is 0 Å². The third-order valence-corrected chi connectivity index (χ3v) is 4.48. The van der Waals surface area contributed by atoms with Crippen molar-refractivity contribution in [2.45, 2.75) is 43.9 Å². The zero-order valence-corrected chi connectivity index (χ0v) is 11.1. The molecule has 6 heteroatoms. The Morgan fingerprint density at radius 3 is 3.00 bits per heavy atom. The van der Waals surface area contributed by atoms with E-state index in [-0.39, 0.29) is 11.7 Å². The van der Waals surface area contributed by atoms with Crippen LogP contribution in [0.2, 0.25) is 0 Å². The first-order chi connectivity index (χ1) is 9.10. The molecule has 4 heterocycles. The molecule has 4 aliphatic heterocycles. The number of amides is 1. The Kier molecular flexibility index (Phi) is 2.97. The Bertz CT molecular complexity index is 426. The maximum absolute atomic E-state index is 11.8. The van der Waals surface area contributed by atoms with Crippen molar-refractivity contribution in [3.8, 4) is 0 Å². The summed E-state index contributed by atoms with van der Waals surface area (Å²) >= 11 is 0. The van der Waals surface area contributed by atoms with Gasteiger partial charge in [-0.1, -0.05) is 0 Å². The first-order valence-electron chi connectivity index (χ1n) is 6.78. The van der Waals surface area contributed by atoms with E-state index in [0.717, 1.165) is 25.8 Å². The smallest absolute Gasteiger partial charge is 0.409 e. The van der Waals surface area contributed by atoms with Crippen LogP contribution in [0, 0.1) is 0 Å². The van der Waals surface area contributed by atoms with Gasteiger partial charge in [0.15, 0.2) is 0 Å². The monoisotopic (exact) mass is 264 g/mol. The van der Waals surface area contributed by atoms with E-state index in [9.17, 15) is 9.90 Å². The largest absolute Gasteiger partial charge is 0.465 e. The van der Waals surface area contributed by atoms with Gasteiger partial charge in [0.25, 0.3) is 0 Å². The maximum atomic E-state index is 11.8. The second-order valence-corrected chi connectivity index (χ2v) is 5.81. The predicted molar refractivity (Wildman–Crippen MR) is 72.0 cm³/mol. The fourth-order valence-electron chi connectivity index (χ4n) is 3.40. The molecule has 104 valence electrons. The van der Waals surface area contributed by atoms with Gasteiger partial charge in [0.2, 0.25) is 0 Å². The Morgan fingerprint density at radius 2 is 2.42 bits per heavy atom. The highest BCUT2D eigenvalue weighted by atomic mass is 16.4. The second kappa shape index (κ2) is 4.52. The van der Waals surface area contributed by atoms with Gasteiger partial charge in [0.05, 0.1) is 5.54 Å². The third kappa shape index (κ3) is 2.10. The lowest BCUT2D eigenvalue weighted by Crippen LogP contribution is -2.60. The van der Waals surface area contributed by atoms with Crippen LogP contribution in [0.1, 0.15) is 26.2 Å². The molecule has 1 amide bonds. The summed E-state index contributed by atoms with van der Waals surface area (Å²) in [6, 6.07) is 0.404. The van der Waals surface area contributed by atoms with Gasteiger partial charge in [-0.15, -0.1) is 0 Å². The van der Waals surface area contributed by atoms with Gasteiger partial charge >= 0.3 is 6.09 Å². The van der Waals surface area contributed by atoms with E-state index >= 15 is 0 Å². The number of piperidine rings is 1. The van der Waals surface area contributed by atoms with Gasteiger partial charge in [-0.2, -0.15) is 0 Å². The van der Waals surface area contributed by atoms with Crippen molar-refractivity contribution in [1.82, 2.24) is 15.1 Å². The highest BCUT2D eigenvalue weighted by Gasteiger charge is 2.48. The lowest BCUT2D eigenvalue weighted by molar-refractivity contribution is 0.0110. The van der Waals surface area contributed by atoms with Crippen molar-refractivity contribution in [1.29, 1.82) is 0 Å². The van der Waals surface area contributed by atoms with Crippen LogP contribution in [0.15, 0.2) is 17.3 Å². The quantitative estimate of drug-likeness (QED) is 0.743. The molecule has 2 N–H and O–H groups in total. The Labute approximate surface area is 112 Å². The number of hydrogen-bond donors (Lipinski definition) is 2. The van der Waals surface area contributed by atoms with E-state index in [4.69, 9.17) is 0 Å². The summed E-state index contributed by atoms with van der Waals surface area (Å²) in [5.74, 6) is 0. The summed E-state index contributed by atoms with van der Waals surface area (Å²) < 4.78 is 0. The number of carbonyl (C=O) groups is 1. The average Bonchev–Trinajstić information content (AvgIpc) is 2.64. The van der Waals surface area contributed by atoms with Gasteiger partial charge < -0.3 is 15.3 Å². The molecular weight excluding hydrogens is 244 g/mol. The number of nitrogens with zero attached hydrogens (tertiary/aromatic N) is 3. The molecule has 0 aromatic carbocycles. The summed E-state index contributed by atoms with van der Waals surface area (Å²) in [7, 11) is 0. The molecule has 3 unspecified atom stereocenters. The molecule has 3 saturated heterocycles. The van der Waals surface area contributed by atoms with Crippen molar-refractivity contribution in [3.05, 3.63) is 12.3 Å². The van der Waals surface area contributed by atoms with Gasteiger partial charge in [0.1, 0.15) is 12.8 Å². The molecule has 2 bridgehead atoms. The number of carboxylic acid groups (broad SMARTS) is 1. The minimum atomic E-state index is -0.834. The molecule has 3 fully saturated rings. The van der Waals surface area contributed by atoms with Crippen LogP contribution in [0.25, 0.3) is 0 Å². The fourth-order valence-corrected chi connectivity index (χ4v) is 3.40. The summed E-state index contributed by atoms with van der Waals surface area (Å²) in [5.41, 5.74) is -0.321. The summed E-state index contributed by atoms with van der Waals surface area (Å²) in [6.45, 7) is 3.31. The summed E-state index contributed by atoms with van der Waals surface area (Å²) in [6.07, 6.45) is 7.40. The van der Waals surface area contributed by atoms with Crippen LogP contribution in [-0.4, -0.2) is 58.2 Å². The van der Waals surface area contributed by atoms with Crippen LogP contribution in [0.3, 0.4) is 0 Å². The molecule has 0 aromatic rings. The SMILES string of the molecule is CC12CCC(CC(N3C=CC=NC3)N1C(=O)O)NC2. The molecular formula is C13H20N4O2. The summed E-state index contributed by atoms with van der Waals surface area (Å²) in [4.78, 5) is 19.7. The second-order valence-electron chi connectivity index (χ2n) is 5.81. The van der Waals surface area contributed by atoms with E-state index in [1.165, 1.54) is 0 Å². The van der Waals surface area contributed by atoms with Gasteiger partial charge in [-0.25, -0.2) is 4.79 Å². The topological polar surface area (TPSA) is 68.2 Å². The minimum absolute atomic E-state index is 0.126. The molecule has 4 aliphatic rings. The Balaban J connectivity index is 1.93. The highest BCUT2D eigenvalue weighted by Crippen LogP contribution is 2.36. The number of hydrogen-bond acceptors (Lipinski definition) is 4. The average molecular weight is 264 g/mol. The van der Waals surface area contributed by atoms with Gasteiger partial charge in [-0.05, 0) is 25.8 Å². The van der Waals surface area contributed by atoms with Crippen LogP contribution in [0.4, 0.5) is 4.79 Å². The zero-order valence-electron chi connectivity index (χ0n) is 11.1. The maximum Gasteiger partial charge on any atom is 0.409 e. The predicted octanol–water partition coefficient (Wildman–Crippen LogP) is 1.06. The molecule has 19 heavy (non-hydrogen) atoms. The van der Waals surface area contributed by atoms with Crippen molar-refractivity contribution in [2.24, 2.45) is 4.99 Å². The van der Waals surface area contributed by atoms with E-state index in [0.29, 0.717) is 12.7 Å². The van der Waals surface area contributed by atoms with Gasteiger partial charge in [0, 0.05) is 31.4 Å². The zero-order chi connectivity index (χ0) is 13.5. The van der Waals surface area contributed by atoms with Crippen LogP contribution in [0.5, 0.6) is 0 Å². The van der Waals surface area contributed by atoms with Crippen LogP contribution in [-0.2, 0) is 0 Å². The molecule has 3 atom stereocenters. The first-order valence-corrected chi connectivity index (χ1v) is 6.78. The standard InChI is InChI=1S/C13H20N4O2/c1-13-4-3-10(15-8-13)7-11(17(13)12(18)19)16-6-2-5-14-9-16/h2,5-6,10-11,15H,3-4,7-9H2,1H3,(H,18,19). The molecule has 4 rings (SSSR count). The van der Waals surface area contributed by atoms with Crippen molar-refractivity contribution < 1.29 is 9.90 Å². The molecule has 0 saturated carbocycles. The molecule has 0 spiro atoms. The van der Waals surface area contributed by atoms with Crippen molar-refractivity contribution in [2.75, 3.05) is 13.2 Å². The lowest BCUT2D eigenvalue weighted by Gasteiger charge is -2.45. The lowest BCUT2D eigenvalue weighted by atomic mass is 9.89. The molecule has 0 aliphatic carbocycles. The number of nitrogens with one attached hydrogen (secondary N) is 1. The molecule has 6 nitrogen and oxygen atoms in total. The Hall–Kier alpha value is -1.56. The number of rotatable bonds is 1.